The van der Waals surface area contributed by atoms with Crippen molar-refractivity contribution >= 4 is 34.1 Å². The molecule has 1 unspecified atom stereocenters. The van der Waals surface area contributed by atoms with Crippen LogP contribution in [0.25, 0.3) is 10.8 Å². The molecule has 154 valence electrons. The molecular formula is C25H26N2O3. The van der Waals surface area contributed by atoms with Crippen molar-refractivity contribution in [1.29, 1.82) is 0 Å². The zero-order valence-electron chi connectivity index (χ0n) is 17.8. The van der Waals surface area contributed by atoms with Crippen molar-refractivity contribution in [2.24, 2.45) is 0 Å². The summed E-state index contributed by atoms with van der Waals surface area (Å²) in [6.07, 6.45) is -0.365. The molecule has 0 aromatic heterocycles. The zero-order chi connectivity index (χ0) is 21.6. The van der Waals surface area contributed by atoms with Crippen LogP contribution < -0.4 is 9.80 Å². The first kappa shape index (κ1) is 20.0. The molecule has 1 aliphatic heterocycles. The molecule has 4 rings (SSSR count). The summed E-state index contributed by atoms with van der Waals surface area (Å²) in [5, 5.41) is 11.9. The summed E-state index contributed by atoms with van der Waals surface area (Å²) in [6, 6.07) is 15.3. The topological polar surface area (TPSA) is 60.9 Å². The Morgan fingerprint density at radius 2 is 1.57 bits per heavy atom. The van der Waals surface area contributed by atoms with Crippen molar-refractivity contribution in [1.82, 2.24) is 0 Å². The highest BCUT2D eigenvalue weighted by Gasteiger charge is 2.37. The molecule has 5 heteroatoms. The van der Waals surface area contributed by atoms with Gasteiger partial charge in [0.05, 0.1) is 17.4 Å². The first-order chi connectivity index (χ1) is 14.3. The van der Waals surface area contributed by atoms with Crippen molar-refractivity contribution in [3.05, 3.63) is 70.8 Å². The summed E-state index contributed by atoms with van der Waals surface area (Å²) in [5.74, 6) is -0.0980. The Labute approximate surface area is 176 Å². The van der Waals surface area contributed by atoms with Gasteiger partial charge in [-0.2, -0.15) is 0 Å². The van der Waals surface area contributed by atoms with Crippen LogP contribution in [0.4, 0.5) is 16.2 Å². The van der Waals surface area contributed by atoms with Gasteiger partial charge in [-0.15, -0.1) is 0 Å². The lowest BCUT2D eigenvalue weighted by Crippen LogP contribution is -2.52. The van der Waals surface area contributed by atoms with Gasteiger partial charge in [0.2, 0.25) is 0 Å². The normalized spacial score (nSPS) is 15.9. The van der Waals surface area contributed by atoms with Crippen LogP contribution in [0.15, 0.2) is 48.5 Å². The zero-order valence-corrected chi connectivity index (χ0v) is 17.8. The maximum Gasteiger partial charge on any atom is 0.412 e. The average Bonchev–Trinajstić information content (AvgIpc) is 2.73. The molecular weight excluding hydrogens is 376 g/mol. The Morgan fingerprint density at radius 3 is 2.20 bits per heavy atom. The molecule has 0 spiro atoms. The number of rotatable bonds is 2. The fraction of sp³-hybridized carbons (Fsp3) is 0.280. The molecule has 1 atom stereocenters. The highest BCUT2D eigenvalue weighted by atomic mass is 16.4. The third-order valence-corrected chi connectivity index (χ3v) is 6.19. The van der Waals surface area contributed by atoms with Crippen molar-refractivity contribution in [3.63, 3.8) is 0 Å². The number of benzene rings is 3. The van der Waals surface area contributed by atoms with Crippen molar-refractivity contribution in [2.75, 3.05) is 16.3 Å². The van der Waals surface area contributed by atoms with Crippen LogP contribution in [-0.2, 0) is 0 Å². The Balaban J connectivity index is 1.90. The van der Waals surface area contributed by atoms with Gasteiger partial charge < -0.3 is 10.0 Å². The molecule has 3 aromatic carbocycles. The smallest absolute Gasteiger partial charge is 0.412 e. The molecule has 0 bridgehead atoms. The van der Waals surface area contributed by atoms with Crippen LogP contribution in [0.5, 0.6) is 0 Å². The second kappa shape index (κ2) is 7.48. The summed E-state index contributed by atoms with van der Waals surface area (Å²) < 4.78 is 0. The molecule has 0 radical (unpaired) electrons. The molecule has 5 nitrogen and oxygen atoms in total. The minimum absolute atomic E-state index is 0.0980. The number of carbonyl (C=O) groups is 2. The van der Waals surface area contributed by atoms with Crippen molar-refractivity contribution in [3.8, 4) is 0 Å². The number of hydrogen-bond acceptors (Lipinski definition) is 2. The Morgan fingerprint density at radius 1 is 0.933 bits per heavy atom. The standard InChI is InChI=1S/C25H26N2O3/c1-5-18-14-26(22-12-16(3)17(4)13-23(22)27(18)25(29)30)24(28)21-11-10-15(2)19-8-6-7-9-20(19)21/h6-13,18H,5,14H2,1-4H3,(H,29,30). The number of nitrogens with zero attached hydrogens (tertiary/aromatic N) is 2. The molecule has 0 aliphatic carbocycles. The van der Waals surface area contributed by atoms with E-state index in [9.17, 15) is 14.7 Å². The summed E-state index contributed by atoms with van der Waals surface area (Å²) in [7, 11) is 0. The lowest BCUT2D eigenvalue weighted by Gasteiger charge is -2.41. The fourth-order valence-corrected chi connectivity index (χ4v) is 4.33. The average molecular weight is 402 g/mol. The molecule has 2 amide bonds. The second-order valence-electron chi connectivity index (χ2n) is 8.03. The second-order valence-corrected chi connectivity index (χ2v) is 8.03. The molecule has 1 N–H and O–H groups in total. The van der Waals surface area contributed by atoms with Gasteiger partial charge in [-0.1, -0.05) is 37.3 Å². The van der Waals surface area contributed by atoms with Crippen LogP contribution in [0.2, 0.25) is 0 Å². The summed E-state index contributed by atoms with van der Waals surface area (Å²) in [4.78, 5) is 29.0. The van der Waals surface area contributed by atoms with Crippen LogP contribution in [0.3, 0.4) is 0 Å². The van der Waals surface area contributed by atoms with Gasteiger partial charge in [-0.05, 0) is 72.9 Å². The predicted molar refractivity (Wildman–Crippen MR) is 121 cm³/mol. The van der Waals surface area contributed by atoms with E-state index in [0.29, 0.717) is 29.9 Å². The van der Waals surface area contributed by atoms with E-state index in [1.165, 1.54) is 4.90 Å². The molecule has 3 aromatic rings. The summed E-state index contributed by atoms with van der Waals surface area (Å²) in [5.41, 5.74) is 5.02. The van der Waals surface area contributed by atoms with Gasteiger partial charge in [-0.25, -0.2) is 4.79 Å². The van der Waals surface area contributed by atoms with Gasteiger partial charge >= 0.3 is 6.09 Å². The molecule has 1 aliphatic rings. The van der Waals surface area contributed by atoms with E-state index in [2.05, 4.69) is 0 Å². The number of fused-ring (bicyclic) bond motifs is 2. The fourth-order valence-electron chi connectivity index (χ4n) is 4.33. The minimum atomic E-state index is -0.987. The molecule has 0 fully saturated rings. The predicted octanol–water partition coefficient (Wildman–Crippen LogP) is 5.69. The highest BCUT2D eigenvalue weighted by Crippen LogP contribution is 2.40. The quantitative estimate of drug-likeness (QED) is 0.599. The molecule has 0 saturated carbocycles. The lowest BCUT2D eigenvalue weighted by molar-refractivity contribution is 0.0984. The number of carbonyl (C=O) groups excluding carboxylic acids is 1. The van der Waals surface area contributed by atoms with Crippen LogP contribution >= 0.6 is 0 Å². The first-order valence-corrected chi connectivity index (χ1v) is 10.3. The van der Waals surface area contributed by atoms with E-state index < -0.39 is 6.09 Å². The SMILES string of the molecule is CCC1CN(C(=O)c2ccc(C)c3ccccc23)c2cc(C)c(C)cc2N1C(=O)O. The van der Waals surface area contributed by atoms with Gasteiger partial charge in [0.1, 0.15) is 0 Å². The monoisotopic (exact) mass is 402 g/mol. The Bertz CT molecular complexity index is 1170. The first-order valence-electron chi connectivity index (χ1n) is 10.3. The third-order valence-electron chi connectivity index (χ3n) is 6.19. The largest absolute Gasteiger partial charge is 0.465 e. The van der Waals surface area contributed by atoms with E-state index in [0.717, 1.165) is 27.5 Å². The molecule has 1 heterocycles. The Kier molecular flexibility index (Phi) is 4.98. The lowest BCUT2D eigenvalue weighted by atomic mass is 9.97. The third kappa shape index (κ3) is 3.11. The van der Waals surface area contributed by atoms with Gasteiger partial charge in [0.25, 0.3) is 5.91 Å². The molecule has 0 saturated heterocycles. The maximum absolute atomic E-state index is 13.8. The van der Waals surface area contributed by atoms with E-state index in [1.54, 1.807) is 4.90 Å². The van der Waals surface area contributed by atoms with Gasteiger partial charge in [-0.3, -0.25) is 9.69 Å². The Hall–Kier alpha value is -3.34. The van der Waals surface area contributed by atoms with Gasteiger partial charge in [0, 0.05) is 12.1 Å². The number of aryl methyl sites for hydroxylation is 3. The van der Waals surface area contributed by atoms with Crippen LogP contribution in [0, 0.1) is 20.8 Å². The van der Waals surface area contributed by atoms with Crippen LogP contribution in [-0.4, -0.2) is 29.7 Å². The summed E-state index contributed by atoms with van der Waals surface area (Å²) >= 11 is 0. The van der Waals surface area contributed by atoms with E-state index in [1.807, 2.05) is 76.2 Å². The van der Waals surface area contributed by atoms with E-state index in [4.69, 9.17) is 0 Å². The van der Waals surface area contributed by atoms with Crippen LogP contribution in [0.1, 0.15) is 40.4 Å². The molecule has 30 heavy (non-hydrogen) atoms. The maximum atomic E-state index is 13.8. The van der Waals surface area contributed by atoms with E-state index >= 15 is 0 Å². The number of amides is 2. The highest BCUT2D eigenvalue weighted by molar-refractivity contribution is 6.16. The summed E-state index contributed by atoms with van der Waals surface area (Å²) in [6.45, 7) is 8.27. The number of anilines is 2. The van der Waals surface area contributed by atoms with Crippen molar-refractivity contribution in [2.45, 2.75) is 40.2 Å². The van der Waals surface area contributed by atoms with Gasteiger partial charge in [0.15, 0.2) is 0 Å². The number of hydrogen-bond donors (Lipinski definition) is 1. The number of carboxylic acid groups (broad SMARTS) is 1. The van der Waals surface area contributed by atoms with E-state index in [-0.39, 0.29) is 11.9 Å². The van der Waals surface area contributed by atoms with Crippen molar-refractivity contribution < 1.29 is 14.7 Å². The minimum Gasteiger partial charge on any atom is -0.465 e.